The van der Waals surface area contributed by atoms with Crippen molar-refractivity contribution in [2.75, 3.05) is 0 Å². The molecule has 0 fully saturated rings. The van der Waals surface area contributed by atoms with Gasteiger partial charge in [0.15, 0.2) is 11.1 Å². The monoisotopic (exact) mass is 243 g/mol. The lowest BCUT2D eigenvalue weighted by molar-refractivity contribution is 0.623. The van der Waals surface area contributed by atoms with Crippen LogP contribution in [0, 0.1) is 11.2 Å². The molecule has 2 heterocycles. The van der Waals surface area contributed by atoms with Crippen LogP contribution in [0.25, 0.3) is 11.2 Å². The van der Waals surface area contributed by atoms with Crippen LogP contribution in [0.3, 0.4) is 0 Å². The number of imidazole rings is 1. The number of benzene rings is 1. The summed E-state index contributed by atoms with van der Waals surface area (Å²) in [7, 11) is 0. The zero-order valence-corrected chi connectivity index (χ0v) is 9.39. The molecule has 2 aromatic heterocycles. The smallest absolute Gasteiger partial charge is 0.173 e. The summed E-state index contributed by atoms with van der Waals surface area (Å²) >= 11 is 0. The Hall–Kier alpha value is -2.50. The van der Waals surface area contributed by atoms with Gasteiger partial charge in [-0.1, -0.05) is 12.1 Å². The van der Waals surface area contributed by atoms with Gasteiger partial charge in [-0.3, -0.25) is 5.41 Å². The highest BCUT2D eigenvalue weighted by molar-refractivity contribution is 5.68. The number of rotatable bonds is 2. The average Bonchev–Trinajstić information content (AvgIpc) is 2.83. The molecule has 2 N–H and O–H groups in total. The number of nitrogens with one attached hydrogen (secondary N) is 2. The van der Waals surface area contributed by atoms with Crippen molar-refractivity contribution in [2.24, 2.45) is 0 Å². The van der Waals surface area contributed by atoms with Crippen LogP contribution in [-0.4, -0.2) is 19.5 Å². The quantitative estimate of drug-likeness (QED) is 0.714. The Kier molecular flexibility index (Phi) is 2.40. The van der Waals surface area contributed by atoms with Gasteiger partial charge in [-0.2, -0.15) is 0 Å². The van der Waals surface area contributed by atoms with E-state index in [1.54, 1.807) is 10.6 Å². The van der Waals surface area contributed by atoms with E-state index in [1.807, 2.05) is 6.07 Å². The Morgan fingerprint density at radius 3 is 3.06 bits per heavy atom. The third-order valence-electron chi connectivity index (χ3n) is 2.70. The fourth-order valence-electron chi connectivity index (χ4n) is 1.87. The maximum absolute atomic E-state index is 13.1. The number of halogens is 1. The summed E-state index contributed by atoms with van der Waals surface area (Å²) < 4.78 is 14.9. The summed E-state index contributed by atoms with van der Waals surface area (Å²) in [6, 6.07) is 6.38. The van der Waals surface area contributed by atoms with Gasteiger partial charge in [-0.05, 0) is 17.7 Å². The van der Waals surface area contributed by atoms with Gasteiger partial charge in [0, 0.05) is 0 Å². The van der Waals surface area contributed by atoms with Crippen molar-refractivity contribution in [3.05, 3.63) is 53.8 Å². The van der Waals surface area contributed by atoms with Gasteiger partial charge in [-0.25, -0.2) is 14.4 Å². The molecule has 0 unspecified atom stereocenters. The predicted molar refractivity (Wildman–Crippen MR) is 63.2 cm³/mol. The highest BCUT2D eigenvalue weighted by Gasteiger charge is 2.05. The summed E-state index contributed by atoms with van der Waals surface area (Å²) in [4.78, 5) is 11.0. The van der Waals surface area contributed by atoms with E-state index in [4.69, 9.17) is 5.41 Å². The molecule has 3 aromatic rings. The number of hydrogen-bond donors (Lipinski definition) is 2. The Morgan fingerprint density at radius 2 is 2.22 bits per heavy atom. The molecule has 90 valence electrons. The Morgan fingerprint density at radius 1 is 1.33 bits per heavy atom. The molecule has 0 saturated carbocycles. The van der Waals surface area contributed by atoms with Gasteiger partial charge in [0.25, 0.3) is 0 Å². The second-order valence-corrected chi connectivity index (χ2v) is 3.95. The largest absolute Gasteiger partial charge is 0.340 e. The lowest BCUT2D eigenvalue weighted by Gasteiger charge is -2.07. The topological polar surface area (TPSA) is 70.3 Å². The summed E-state index contributed by atoms with van der Waals surface area (Å²) in [5.41, 5.74) is 2.19. The first-order chi connectivity index (χ1) is 8.74. The van der Waals surface area contributed by atoms with Crippen LogP contribution in [0.5, 0.6) is 0 Å². The van der Waals surface area contributed by atoms with Crippen molar-refractivity contribution >= 4 is 11.2 Å². The molecular weight excluding hydrogens is 233 g/mol. The minimum absolute atomic E-state index is 0.151. The minimum atomic E-state index is -0.267. The standard InChI is InChI=1S/C12H10FN5/c13-9-3-1-2-8(4-9)5-18-7-17-11(14)10-12(18)16-6-15-10/h1-4,6-7,14H,5H2,(H,15,16). The molecule has 0 saturated heterocycles. The highest BCUT2D eigenvalue weighted by atomic mass is 19.1. The second-order valence-electron chi connectivity index (χ2n) is 3.95. The fraction of sp³-hybridized carbons (Fsp3) is 0.0833. The van der Waals surface area contributed by atoms with E-state index < -0.39 is 0 Å². The zero-order valence-electron chi connectivity index (χ0n) is 9.39. The second kappa shape index (κ2) is 4.06. The van der Waals surface area contributed by atoms with Crippen LogP contribution in [0.2, 0.25) is 0 Å². The Balaban J connectivity index is 2.08. The maximum Gasteiger partial charge on any atom is 0.173 e. The van der Waals surface area contributed by atoms with Crippen LogP contribution >= 0.6 is 0 Å². The van der Waals surface area contributed by atoms with Crippen molar-refractivity contribution in [3.63, 3.8) is 0 Å². The van der Waals surface area contributed by atoms with E-state index in [-0.39, 0.29) is 11.3 Å². The van der Waals surface area contributed by atoms with E-state index in [0.717, 1.165) is 5.56 Å². The molecule has 0 spiro atoms. The third-order valence-corrected chi connectivity index (χ3v) is 2.70. The number of H-pyrrole nitrogens is 1. The average molecular weight is 243 g/mol. The lowest BCUT2D eigenvalue weighted by Crippen LogP contribution is -2.13. The van der Waals surface area contributed by atoms with Crippen molar-refractivity contribution in [2.45, 2.75) is 6.54 Å². The summed E-state index contributed by atoms with van der Waals surface area (Å²) in [6.07, 6.45) is 3.06. The summed E-state index contributed by atoms with van der Waals surface area (Å²) in [5, 5.41) is 7.64. The molecular formula is C12H10FN5. The van der Waals surface area contributed by atoms with Crippen LogP contribution in [0.15, 0.2) is 36.9 Å². The van der Waals surface area contributed by atoms with Crippen molar-refractivity contribution < 1.29 is 4.39 Å². The van der Waals surface area contributed by atoms with Crippen LogP contribution in [0.1, 0.15) is 5.56 Å². The molecule has 18 heavy (non-hydrogen) atoms. The van der Waals surface area contributed by atoms with Crippen LogP contribution in [0.4, 0.5) is 4.39 Å². The molecule has 0 aliphatic rings. The van der Waals surface area contributed by atoms with E-state index in [2.05, 4.69) is 15.0 Å². The van der Waals surface area contributed by atoms with Crippen LogP contribution in [-0.2, 0) is 6.54 Å². The molecule has 1 aromatic carbocycles. The van der Waals surface area contributed by atoms with Crippen molar-refractivity contribution in [1.82, 2.24) is 19.5 Å². The first-order valence-corrected chi connectivity index (χ1v) is 5.41. The van der Waals surface area contributed by atoms with E-state index in [9.17, 15) is 4.39 Å². The third kappa shape index (κ3) is 1.77. The van der Waals surface area contributed by atoms with Gasteiger partial charge >= 0.3 is 0 Å². The fourth-order valence-corrected chi connectivity index (χ4v) is 1.87. The molecule has 5 nitrogen and oxygen atoms in total. The summed E-state index contributed by atoms with van der Waals surface area (Å²) in [5.74, 6) is -0.267. The normalized spacial score (nSPS) is 10.9. The van der Waals surface area contributed by atoms with Gasteiger partial charge in [0.1, 0.15) is 11.3 Å². The van der Waals surface area contributed by atoms with Gasteiger partial charge < -0.3 is 9.55 Å². The first kappa shape index (κ1) is 10.6. The van der Waals surface area contributed by atoms with Gasteiger partial charge in [0.05, 0.1) is 19.2 Å². The number of aromatic amines is 1. The number of aromatic nitrogens is 4. The predicted octanol–water partition coefficient (Wildman–Crippen LogP) is 1.43. The summed E-state index contributed by atoms with van der Waals surface area (Å²) in [6.45, 7) is 0.465. The van der Waals surface area contributed by atoms with Crippen molar-refractivity contribution in [1.29, 1.82) is 5.41 Å². The molecule has 6 heteroatoms. The number of nitrogens with zero attached hydrogens (tertiary/aromatic N) is 3. The van der Waals surface area contributed by atoms with Gasteiger partial charge in [0.2, 0.25) is 0 Å². The first-order valence-electron chi connectivity index (χ1n) is 5.41. The Labute approximate surface area is 101 Å². The molecule has 0 aliphatic carbocycles. The molecule has 0 atom stereocenters. The molecule has 0 amide bonds. The SMILES string of the molecule is N=c1ncn(Cc2cccc(F)c2)c2nc[nH]c12. The highest BCUT2D eigenvalue weighted by Crippen LogP contribution is 2.09. The van der Waals surface area contributed by atoms with Crippen LogP contribution < -0.4 is 5.49 Å². The zero-order chi connectivity index (χ0) is 12.5. The number of fused-ring (bicyclic) bond motifs is 1. The molecule has 0 radical (unpaired) electrons. The maximum atomic E-state index is 13.1. The number of hydrogen-bond acceptors (Lipinski definition) is 3. The minimum Gasteiger partial charge on any atom is -0.340 e. The van der Waals surface area contributed by atoms with E-state index in [1.165, 1.54) is 24.8 Å². The lowest BCUT2D eigenvalue weighted by atomic mass is 10.2. The van der Waals surface area contributed by atoms with Crippen molar-refractivity contribution in [3.8, 4) is 0 Å². The molecule has 3 rings (SSSR count). The van der Waals surface area contributed by atoms with E-state index in [0.29, 0.717) is 17.7 Å². The Bertz CT molecular complexity index is 758. The molecule has 0 bridgehead atoms. The van der Waals surface area contributed by atoms with Gasteiger partial charge in [-0.15, -0.1) is 0 Å². The molecule has 0 aliphatic heterocycles. The van der Waals surface area contributed by atoms with E-state index >= 15 is 0 Å².